The monoisotopic (exact) mass is 365 g/mol. The second kappa shape index (κ2) is 7.13. The molecule has 1 heterocycles. The Morgan fingerprint density at radius 2 is 1.67 bits per heavy atom. The number of rotatable bonds is 4. The topological polar surface area (TPSA) is 46.6 Å². The van der Waals surface area contributed by atoms with Crippen LogP contribution in [0.25, 0.3) is 0 Å². The Morgan fingerprint density at radius 3 is 2.29 bits per heavy atom. The number of halogens is 1. The standard InChI is InChI=1S/C18H20ClNO3S/c1-23-18-5-3-2-4-17(18)14-10-12-20(13-11-14)24(21,22)16-8-6-15(19)7-9-16/h2-9,14H,10-13H2,1H3. The summed E-state index contributed by atoms with van der Waals surface area (Å²) in [6.07, 6.45) is 1.57. The highest BCUT2D eigenvalue weighted by atomic mass is 35.5. The van der Waals surface area contributed by atoms with Gasteiger partial charge in [0.15, 0.2) is 0 Å². The Hall–Kier alpha value is -1.56. The zero-order chi connectivity index (χ0) is 17.2. The van der Waals surface area contributed by atoms with Crippen molar-refractivity contribution in [2.45, 2.75) is 23.7 Å². The molecular weight excluding hydrogens is 346 g/mol. The molecule has 3 rings (SSSR count). The molecule has 1 fully saturated rings. The number of hydrogen-bond acceptors (Lipinski definition) is 3. The predicted octanol–water partition coefficient (Wildman–Crippen LogP) is 3.92. The second-order valence-electron chi connectivity index (χ2n) is 5.87. The van der Waals surface area contributed by atoms with Crippen molar-refractivity contribution < 1.29 is 13.2 Å². The minimum Gasteiger partial charge on any atom is -0.496 e. The smallest absolute Gasteiger partial charge is 0.243 e. The lowest BCUT2D eigenvalue weighted by Crippen LogP contribution is -2.37. The van der Waals surface area contributed by atoms with Crippen LogP contribution in [0.15, 0.2) is 53.4 Å². The Labute approximate surface area is 148 Å². The van der Waals surface area contributed by atoms with Gasteiger partial charge in [0.1, 0.15) is 5.75 Å². The molecule has 1 aliphatic heterocycles. The Morgan fingerprint density at radius 1 is 1.04 bits per heavy atom. The van der Waals surface area contributed by atoms with Crippen LogP contribution >= 0.6 is 11.6 Å². The first-order valence-corrected chi connectivity index (χ1v) is 9.73. The average molecular weight is 366 g/mol. The maximum atomic E-state index is 12.7. The lowest BCUT2D eigenvalue weighted by molar-refractivity contribution is 0.313. The maximum Gasteiger partial charge on any atom is 0.243 e. The molecule has 0 atom stereocenters. The molecule has 0 spiro atoms. The molecule has 0 N–H and O–H groups in total. The summed E-state index contributed by atoms with van der Waals surface area (Å²) >= 11 is 5.84. The average Bonchev–Trinajstić information content (AvgIpc) is 2.62. The van der Waals surface area contributed by atoms with Crippen LogP contribution < -0.4 is 4.74 Å². The Bertz CT molecular complexity index is 797. The Balaban J connectivity index is 1.74. The summed E-state index contributed by atoms with van der Waals surface area (Å²) < 4.78 is 32.4. The van der Waals surface area contributed by atoms with Crippen molar-refractivity contribution in [3.8, 4) is 5.75 Å². The number of methoxy groups -OCH3 is 1. The zero-order valence-electron chi connectivity index (χ0n) is 13.5. The van der Waals surface area contributed by atoms with Gasteiger partial charge in [-0.2, -0.15) is 4.31 Å². The van der Waals surface area contributed by atoms with E-state index in [4.69, 9.17) is 16.3 Å². The molecule has 0 radical (unpaired) electrons. The van der Waals surface area contributed by atoms with Crippen molar-refractivity contribution in [2.24, 2.45) is 0 Å². The van der Waals surface area contributed by atoms with Crippen molar-refractivity contribution in [1.82, 2.24) is 4.31 Å². The van der Waals surface area contributed by atoms with Crippen LogP contribution in [0.2, 0.25) is 5.02 Å². The molecule has 0 amide bonds. The van der Waals surface area contributed by atoms with Gasteiger partial charge in [0.25, 0.3) is 0 Å². The number of sulfonamides is 1. The lowest BCUT2D eigenvalue weighted by Gasteiger charge is -2.32. The fraction of sp³-hybridized carbons (Fsp3) is 0.333. The molecule has 0 saturated carbocycles. The van der Waals surface area contributed by atoms with Crippen molar-refractivity contribution in [1.29, 1.82) is 0 Å². The zero-order valence-corrected chi connectivity index (χ0v) is 15.1. The number of benzene rings is 2. The molecule has 0 aliphatic carbocycles. The third kappa shape index (κ3) is 3.43. The van der Waals surface area contributed by atoms with E-state index >= 15 is 0 Å². The normalized spacial score (nSPS) is 16.9. The van der Waals surface area contributed by atoms with Crippen molar-refractivity contribution in [2.75, 3.05) is 20.2 Å². The van der Waals surface area contributed by atoms with Crippen LogP contribution in [0.1, 0.15) is 24.3 Å². The van der Waals surface area contributed by atoms with E-state index in [1.54, 1.807) is 35.7 Å². The van der Waals surface area contributed by atoms with Gasteiger partial charge in [0.2, 0.25) is 10.0 Å². The quantitative estimate of drug-likeness (QED) is 0.825. The van der Waals surface area contributed by atoms with Crippen LogP contribution in [0.4, 0.5) is 0 Å². The molecule has 4 nitrogen and oxygen atoms in total. The number of piperidine rings is 1. The van der Waals surface area contributed by atoms with Crippen LogP contribution in [0.5, 0.6) is 5.75 Å². The molecule has 0 bridgehead atoms. The molecule has 1 saturated heterocycles. The summed E-state index contributed by atoms with van der Waals surface area (Å²) in [5.74, 6) is 1.19. The van der Waals surface area contributed by atoms with Crippen LogP contribution in [-0.2, 0) is 10.0 Å². The van der Waals surface area contributed by atoms with Crippen molar-refractivity contribution in [3.05, 3.63) is 59.1 Å². The van der Waals surface area contributed by atoms with Gasteiger partial charge in [0.05, 0.1) is 12.0 Å². The van der Waals surface area contributed by atoms with Gasteiger partial charge < -0.3 is 4.74 Å². The summed E-state index contributed by atoms with van der Waals surface area (Å²) in [6.45, 7) is 1.02. The van der Waals surface area contributed by atoms with Gasteiger partial charge in [-0.1, -0.05) is 29.8 Å². The van der Waals surface area contributed by atoms with E-state index in [-0.39, 0.29) is 0 Å². The van der Waals surface area contributed by atoms with Crippen LogP contribution in [0.3, 0.4) is 0 Å². The van der Waals surface area contributed by atoms with Crippen molar-refractivity contribution in [3.63, 3.8) is 0 Å². The molecule has 6 heteroatoms. The first-order chi connectivity index (χ1) is 11.5. The van der Waals surface area contributed by atoms with E-state index in [9.17, 15) is 8.42 Å². The third-order valence-corrected chi connectivity index (χ3v) is 6.65. The predicted molar refractivity (Wildman–Crippen MR) is 95.2 cm³/mol. The Kier molecular flexibility index (Phi) is 5.13. The molecule has 24 heavy (non-hydrogen) atoms. The highest BCUT2D eigenvalue weighted by Crippen LogP contribution is 2.35. The first-order valence-electron chi connectivity index (χ1n) is 7.91. The van der Waals surface area contributed by atoms with E-state index in [1.807, 2.05) is 18.2 Å². The summed E-state index contributed by atoms with van der Waals surface area (Å²) in [5.41, 5.74) is 1.16. The van der Waals surface area contributed by atoms with Gasteiger partial charge in [0, 0.05) is 18.1 Å². The van der Waals surface area contributed by atoms with Crippen LogP contribution in [-0.4, -0.2) is 32.9 Å². The number of nitrogens with zero attached hydrogens (tertiary/aromatic N) is 1. The highest BCUT2D eigenvalue weighted by Gasteiger charge is 2.30. The summed E-state index contributed by atoms with van der Waals surface area (Å²) in [4.78, 5) is 0.294. The molecule has 2 aromatic rings. The van der Waals surface area contributed by atoms with E-state index in [0.29, 0.717) is 28.9 Å². The van der Waals surface area contributed by atoms with Gasteiger partial charge in [-0.15, -0.1) is 0 Å². The first kappa shape index (κ1) is 17.3. The number of para-hydroxylation sites is 1. The van der Waals surface area contributed by atoms with E-state index in [2.05, 4.69) is 6.07 Å². The molecule has 0 aromatic heterocycles. The van der Waals surface area contributed by atoms with Crippen LogP contribution in [0, 0.1) is 0 Å². The van der Waals surface area contributed by atoms with Gasteiger partial charge in [-0.25, -0.2) is 8.42 Å². The third-order valence-electron chi connectivity index (χ3n) is 4.48. The van der Waals surface area contributed by atoms with E-state index in [0.717, 1.165) is 24.2 Å². The second-order valence-corrected chi connectivity index (χ2v) is 8.25. The van der Waals surface area contributed by atoms with Gasteiger partial charge >= 0.3 is 0 Å². The molecule has 2 aromatic carbocycles. The fourth-order valence-electron chi connectivity index (χ4n) is 3.17. The number of hydrogen-bond donors (Lipinski definition) is 0. The molecule has 1 aliphatic rings. The summed E-state index contributed by atoms with van der Waals surface area (Å²) in [5, 5.41) is 0.531. The minimum absolute atomic E-state index is 0.294. The summed E-state index contributed by atoms with van der Waals surface area (Å²) in [6, 6.07) is 14.3. The van der Waals surface area contributed by atoms with E-state index < -0.39 is 10.0 Å². The fourth-order valence-corrected chi connectivity index (χ4v) is 4.76. The molecule has 0 unspecified atom stereocenters. The maximum absolute atomic E-state index is 12.7. The SMILES string of the molecule is COc1ccccc1C1CCN(S(=O)(=O)c2ccc(Cl)cc2)CC1. The molecular formula is C18H20ClNO3S. The van der Waals surface area contributed by atoms with Gasteiger partial charge in [-0.05, 0) is 54.7 Å². The number of ether oxygens (including phenoxy) is 1. The van der Waals surface area contributed by atoms with Gasteiger partial charge in [-0.3, -0.25) is 0 Å². The van der Waals surface area contributed by atoms with E-state index in [1.165, 1.54) is 0 Å². The highest BCUT2D eigenvalue weighted by molar-refractivity contribution is 7.89. The molecule has 128 valence electrons. The summed E-state index contributed by atoms with van der Waals surface area (Å²) in [7, 11) is -1.79. The van der Waals surface area contributed by atoms with Crippen molar-refractivity contribution >= 4 is 21.6 Å². The minimum atomic E-state index is -3.46. The lowest BCUT2D eigenvalue weighted by atomic mass is 9.89. The largest absolute Gasteiger partial charge is 0.496 e.